The summed E-state index contributed by atoms with van der Waals surface area (Å²) in [4.78, 5) is 2.23. The Bertz CT molecular complexity index is 335. The van der Waals surface area contributed by atoms with Crippen LogP contribution in [0.15, 0.2) is 24.3 Å². The van der Waals surface area contributed by atoms with Crippen LogP contribution in [0, 0.1) is 5.82 Å². The van der Waals surface area contributed by atoms with Crippen LogP contribution in [0.2, 0.25) is 0 Å². The molecule has 0 fully saturated rings. The minimum Gasteiger partial charge on any atom is -0.396 e. The molecule has 0 amide bonds. The summed E-state index contributed by atoms with van der Waals surface area (Å²) >= 11 is 0. The zero-order valence-electron chi connectivity index (χ0n) is 10.9. The molecule has 0 heterocycles. The molecule has 1 aromatic carbocycles. The molecule has 1 N–H and O–H groups in total. The fraction of sp³-hybridized carbons (Fsp3) is 0.571. The summed E-state index contributed by atoms with van der Waals surface area (Å²) in [7, 11) is 2.05. The van der Waals surface area contributed by atoms with Gasteiger partial charge < -0.3 is 10.0 Å². The van der Waals surface area contributed by atoms with E-state index in [2.05, 4.69) is 25.8 Å². The Morgan fingerprint density at radius 2 is 1.82 bits per heavy atom. The zero-order valence-corrected chi connectivity index (χ0v) is 10.9. The quantitative estimate of drug-likeness (QED) is 0.824. The van der Waals surface area contributed by atoms with Gasteiger partial charge in [-0.1, -0.05) is 12.1 Å². The number of hydrogen-bond donors (Lipinski definition) is 1. The molecule has 1 rings (SSSR count). The first kappa shape index (κ1) is 14.1. The Hall–Kier alpha value is -0.930. The van der Waals surface area contributed by atoms with Crippen LogP contribution in [0.4, 0.5) is 4.39 Å². The van der Waals surface area contributed by atoms with E-state index in [4.69, 9.17) is 5.11 Å². The maximum absolute atomic E-state index is 12.7. The second-order valence-electron chi connectivity index (χ2n) is 5.08. The molecular formula is C14H22FNO. The molecule has 0 saturated carbocycles. The molecule has 0 radical (unpaired) electrons. The van der Waals surface area contributed by atoms with Gasteiger partial charge in [0.15, 0.2) is 0 Å². The summed E-state index contributed by atoms with van der Waals surface area (Å²) in [5.41, 5.74) is 1.13. The summed E-state index contributed by atoms with van der Waals surface area (Å²) in [5.74, 6) is -0.192. The number of benzene rings is 1. The average Bonchev–Trinajstić information content (AvgIpc) is 2.27. The smallest absolute Gasteiger partial charge is 0.123 e. The van der Waals surface area contributed by atoms with E-state index in [1.54, 1.807) is 0 Å². The summed E-state index contributed by atoms with van der Waals surface area (Å²) < 4.78 is 12.7. The number of aliphatic hydroxyl groups is 1. The van der Waals surface area contributed by atoms with E-state index in [1.807, 2.05) is 12.1 Å². The molecule has 96 valence electrons. The lowest BCUT2D eigenvalue weighted by Gasteiger charge is -2.35. The van der Waals surface area contributed by atoms with E-state index in [9.17, 15) is 4.39 Å². The van der Waals surface area contributed by atoms with Crippen molar-refractivity contribution in [2.75, 3.05) is 20.2 Å². The fourth-order valence-corrected chi connectivity index (χ4v) is 1.72. The average molecular weight is 239 g/mol. The van der Waals surface area contributed by atoms with Gasteiger partial charge in [-0.25, -0.2) is 4.39 Å². The minimum absolute atomic E-state index is 0.00518. The maximum atomic E-state index is 12.7. The normalized spacial score (nSPS) is 12.1. The molecule has 1 aromatic rings. The molecule has 0 spiro atoms. The lowest BCUT2D eigenvalue weighted by molar-refractivity contribution is 0.118. The molecule has 2 nitrogen and oxygen atoms in total. The van der Waals surface area contributed by atoms with Crippen LogP contribution in [0.1, 0.15) is 25.8 Å². The van der Waals surface area contributed by atoms with Gasteiger partial charge in [0.1, 0.15) is 5.82 Å². The van der Waals surface area contributed by atoms with Crippen LogP contribution in [-0.4, -0.2) is 35.7 Å². The van der Waals surface area contributed by atoms with E-state index in [0.29, 0.717) is 0 Å². The molecule has 0 atom stereocenters. The van der Waals surface area contributed by atoms with E-state index in [0.717, 1.165) is 24.9 Å². The Morgan fingerprint density at radius 3 is 2.35 bits per heavy atom. The standard InChI is InChI=1S/C14H22FNO/c1-14(2,9-11-17)16(3)10-8-12-4-6-13(15)7-5-12/h4-7,17H,8-11H2,1-3H3. The number of likely N-dealkylation sites (N-methyl/N-ethyl adjacent to an activating group) is 1. The van der Waals surface area contributed by atoms with Gasteiger partial charge in [-0.2, -0.15) is 0 Å². The van der Waals surface area contributed by atoms with Crippen molar-refractivity contribution in [2.24, 2.45) is 0 Å². The van der Waals surface area contributed by atoms with Crippen molar-refractivity contribution in [1.29, 1.82) is 0 Å². The second kappa shape index (κ2) is 6.12. The van der Waals surface area contributed by atoms with Gasteiger partial charge in [-0.05, 0) is 51.4 Å². The molecule has 0 saturated heterocycles. The van der Waals surface area contributed by atoms with Crippen LogP contribution in [0.3, 0.4) is 0 Å². The molecular weight excluding hydrogens is 217 g/mol. The molecule has 0 aromatic heterocycles. The highest BCUT2D eigenvalue weighted by atomic mass is 19.1. The van der Waals surface area contributed by atoms with Crippen molar-refractivity contribution in [3.63, 3.8) is 0 Å². The van der Waals surface area contributed by atoms with Crippen LogP contribution >= 0.6 is 0 Å². The number of hydrogen-bond acceptors (Lipinski definition) is 2. The summed E-state index contributed by atoms with van der Waals surface area (Å²) in [6.45, 7) is 5.34. The van der Waals surface area contributed by atoms with Crippen LogP contribution < -0.4 is 0 Å². The summed E-state index contributed by atoms with van der Waals surface area (Å²) in [6.07, 6.45) is 1.65. The largest absolute Gasteiger partial charge is 0.396 e. The molecule has 0 aliphatic carbocycles. The highest BCUT2D eigenvalue weighted by Crippen LogP contribution is 2.17. The van der Waals surface area contributed by atoms with Crippen molar-refractivity contribution in [2.45, 2.75) is 32.2 Å². The summed E-state index contributed by atoms with van der Waals surface area (Å²) in [6, 6.07) is 6.63. The van der Waals surface area contributed by atoms with Crippen LogP contribution in [-0.2, 0) is 6.42 Å². The third-order valence-electron chi connectivity index (χ3n) is 3.41. The van der Waals surface area contributed by atoms with Crippen molar-refractivity contribution in [3.8, 4) is 0 Å². The third-order valence-corrected chi connectivity index (χ3v) is 3.41. The Balaban J connectivity index is 2.47. The maximum Gasteiger partial charge on any atom is 0.123 e. The zero-order chi connectivity index (χ0) is 12.9. The Labute approximate surface area is 103 Å². The van der Waals surface area contributed by atoms with Crippen molar-refractivity contribution >= 4 is 0 Å². The van der Waals surface area contributed by atoms with Crippen molar-refractivity contribution in [1.82, 2.24) is 4.90 Å². The Kier molecular flexibility index (Phi) is 5.09. The van der Waals surface area contributed by atoms with Crippen LogP contribution in [0.5, 0.6) is 0 Å². The number of aliphatic hydroxyl groups excluding tert-OH is 1. The second-order valence-corrected chi connectivity index (χ2v) is 5.08. The van der Waals surface area contributed by atoms with E-state index < -0.39 is 0 Å². The number of halogens is 1. The topological polar surface area (TPSA) is 23.5 Å². The number of nitrogens with zero attached hydrogens (tertiary/aromatic N) is 1. The van der Waals surface area contributed by atoms with Gasteiger partial charge >= 0.3 is 0 Å². The molecule has 0 bridgehead atoms. The van der Waals surface area contributed by atoms with Gasteiger partial charge in [-0.15, -0.1) is 0 Å². The lowest BCUT2D eigenvalue weighted by Crippen LogP contribution is -2.42. The molecule has 0 aliphatic rings. The molecule has 0 aliphatic heterocycles. The minimum atomic E-state index is -0.192. The predicted octanol–water partition coefficient (Wildman–Crippen LogP) is 2.46. The fourth-order valence-electron chi connectivity index (χ4n) is 1.72. The highest BCUT2D eigenvalue weighted by molar-refractivity contribution is 5.16. The molecule has 0 unspecified atom stereocenters. The van der Waals surface area contributed by atoms with E-state index in [1.165, 1.54) is 12.1 Å². The predicted molar refractivity (Wildman–Crippen MR) is 68.5 cm³/mol. The highest BCUT2D eigenvalue weighted by Gasteiger charge is 2.22. The van der Waals surface area contributed by atoms with Crippen molar-refractivity contribution in [3.05, 3.63) is 35.6 Å². The first-order valence-corrected chi connectivity index (χ1v) is 6.02. The monoisotopic (exact) mass is 239 g/mol. The van der Waals surface area contributed by atoms with E-state index >= 15 is 0 Å². The van der Waals surface area contributed by atoms with Gasteiger partial charge in [0, 0.05) is 18.7 Å². The van der Waals surface area contributed by atoms with Crippen LogP contribution in [0.25, 0.3) is 0 Å². The van der Waals surface area contributed by atoms with Crippen molar-refractivity contribution < 1.29 is 9.50 Å². The first-order valence-electron chi connectivity index (χ1n) is 6.02. The SMILES string of the molecule is CN(CCc1ccc(F)cc1)C(C)(C)CCO. The number of rotatable bonds is 6. The first-order chi connectivity index (χ1) is 7.95. The lowest BCUT2D eigenvalue weighted by atomic mass is 9.98. The van der Waals surface area contributed by atoms with E-state index in [-0.39, 0.29) is 18.0 Å². The summed E-state index contributed by atoms with van der Waals surface area (Å²) in [5, 5.41) is 9.00. The molecule has 17 heavy (non-hydrogen) atoms. The molecule has 3 heteroatoms. The Morgan fingerprint density at radius 1 is 1.24 bits per heavy atom. The van der Waals surface area contributed by atoms with Gasteiger partial charge in [0.05, 0.1) is 0 Å². The third kappa shape index (κ3) is 4.44. The van der Waals surface area contributed by atoms with Gasteiger partial charge in [0.25, 0.3) is 0 Å². The van der Waals surface area contributed by atoms with Gasteiger partial charge in [0.2, 0.25) is 0 Å². The van der Waals surface area contributed by atoms with Gasteiger partial charge in [-0.3, -0.25) is 0 Å².